The number of aryl methyl sites for hydroxylation is 4. The Morgan fingerprint density at radius 1 is 0.919 bits per heavy atom. The van der Waals surface area contributed by atoms with Crippen LogP contribution >= 0.6 is 0 Å². The predicted molar refractivity (Wildman–Crippen MR) is 136 cm³/mol. The molecule has 0 fully saturated rings. The summed E-state index contributed by atoms with van der Waals surface area (Å²) in [5.74, 6) is 1.46. The van der Waals surface area contributed by atoms with Crippen LogP contribution in [0.25, 0.3) is 17.1 Å². The number of nitrogens with zero attached hydrogens (tertiary/aromatic N) is 6. The summed E-state index contributed by atoms with van der Waals surface area (Å²) < 4.78 is 22.4. The van der Waals surface area contributed by atoms with Gasteiger partial charge >= 0.3 is 0 Å². The summed E-state index contributed by atoms with van der Waals surface area (Å²) in [7, 11) is 1.68. The maximum absolute atomic E-state index is 13.2. The molecule has 0 saturated carbocycles. The number of hydrogen-bond donors (Lipinski definition) is 1. The average molecular weight is 498 g/mol. The van der Waals surface area contributed by atoms with E-state index in [-0.39, 0.29) is 11.7 Å². The summed E-state index contributed by atoms with van der Waals surface area (Å²) in [6.45, 7) is 5.68. The summed E-state index contributed by atoms with van der Waals surface area (Å²) in [6.07, 6.45) is 0. The lowest BCUT2D eigenvalue weighted by Gasteiger charge is -2.10. The number of benzene rings is 2. The Hall–Kier alpha value is -4.86. The number of rotatable bonds is 6. The number of ether oxygens (including phenoxy) is 1. The van der Waals surface area contributed by atoms with E-state index in [9.17, 15) is 9.18 Å². The Morgan fingerprint density at radius 3 is 2.32 bits per heavy atom. The third kappa shape index (κ3) is 5.22. The number of anilines is 1. The number of halogens is 1. The molecule has 9 nitrogen and oxygen atoms in total. The molecule has 0 radical (unpaired) electrons. The van der Waals surface area contributed by atoms with Gasteiger partial charge in [0.1, 0.15) is 23.1 Å². The molecule has 0 aliphatic rings. The number of nitrogens with one attached hydrogen (secondary N) is 1. The van der Waals surface area contributed by atoms with E-state index in [0.717, 1.165) is 17.0 Å². The van der Waals surface area contributed by atoms with Gasteiger partial charge in [-0.15, -0.1) is 0 Å². The number of carbonyl (C=O) groups is 1. The van der Waals surface area contributed by atoms with Crippen LogP contribution in [0.15, 0.2) is 66.7 Å². The van der Waals surface area contributed by atoms with Crippen molar-refractivity contribution in [3.05, 3.63) is 95.5 Å². The molecular weight excluding hydrogens is 473 g/mol. The van der Waals surface area contributed by atoms with Crippen molar-refractivity contribution in [2.75, 3.05) is 5.32 Å². The molecular formula is C27H24FN7O2. The van der Waals surface area contributed by atoms with Gasteiger partial charge in [0, 0.05) is 30.1 Å². The zero-order valence-corrected chi connectivity index (χ0v) is 20.7. The zero-order chi connectivity index (χ0) is 26.1. The highest BCUT2D eigenvalue weighted by molar-refractivity contribution is 6.03. The normalized spacial score (nSPS) is 10.9. The van der Waals surface area contributed by atoms with Gasteiger partial charge in [0.2, 0.25) is 5.88 Å². The Balaban J connectivity index is 1.29. The molecule has 5 aromatic rings. The van der Waals surface area contributed by atoms with Crippen molar-refractivity contribution in [1.29, 1.82) is 0 Å². The van der Waals surface area contributed by atoms with E-state index in [0.29, 0.717) is 40.3 Å². The highest BCUT2D eigenvalue weighted by atomic mass is 19.1. The molecule has 1 N–H and O–H groups in total. The van der Waals surface area contributed by atoms with Crippen LogP contribution in [0.3, 0.4) is 0 Å². The molecule has 5 rings (SSSR count). The second kappa shape index (κ2) is 9.65. The maximum atomic E-state index is 13.2. The molecule has 0 bridgehead atoms. The minimum atomic E-state index is -0.330. The Kier molecular flexibility index (Phi) is 6.22. The Bertz CT molecular complexity index is 1590. The molecule has 0 aliphatic carbocycles. The predicted octanol–water partition coefficient (Wildman–Crippen LogP) is 5.17. The SMILES string of the molecule is Cc1cc(C)n(-c2cc(Oc3ccc(NC(=O)c4cc(-c5ccc(F)cc5)nn4C)cc3)nc(C)n2)n1. The molecule has 0 spiro atoms. The minimum Gasteiger partial charge on any atom is -0.439 e. The first-order valence-electron chi connectivity index (χ1n) is 11.5. The van der Waals surface area contributed by atoms with Gasteiger partial charge < -0.3 is 10.1 Å². The largest absolute Gasteiger partial charge is 0.439 e. The summed E-state index contributed by atoms with van der Waals surface area (Å²) in [4.78, 5) is 21.7. The van der Waals surface area contributed by atoms with E-state index in [1.807, 2.05) is 19.9 Å². The molecule has 0 saturated heterocycles. The molecule has 0 unspecified atom stereocenters. The van der Waals surface area contributed by atoms with Gasteiger partial charge in [-0.2, -0.15) is 15.2 Å². The zero-order valence-electron chi connectivity index (χ0n) is 20.7. The maximum Gasteiger partial charge on any atom is 0.273 e. The molecule has 37 heavy (non-hydrogen) atoms. The van der Waals surface area contributed by atoms with Gasteiger partial charge in [-0.05, 0) is 81.4 Å². The molecule has 2 aromatic carbocycles. The van der Waals surface area contributed by atoms with Gasteiger partial charge in [-0.3, -0.25) is 9.48 Å². The number of hydrogen-bond acceptors (Lipinski definition) is 6. The minimum absolute atomic E-state index is 0.321. The quantitative estimate of drug-likeness (QED) is 0.347. The van der Waals surface area contributed by atoms with Gasteiger partial charge in [0.25, 0.3) is 5.91 Å². The van der Waals surface area contributed by atoms with Crippen LogP contribution < -0.4 is 10.1 Å². The average Bonchev–Trinajstić information content (AvgIpc) is 3.41. The van der Waals surface area contributed by atoms with Crippen molar-refractivity contribution in [3.63, 3.8) is 0 Å². The van der Waals surface area contributed by atoms with Gasteiger partial charge in [0.15, 0.2) is 5.82 Å². The van der Waals surface area contributed by atoms with Gasteiger partial charge in [-0.1, -0.05) is 0 Å². The van der Waals surface area contributed by atoms with Crippen LogP contribution in [0, 0.1) is 26.6 Å². The lowest BCUT2D eigenvalue weighted by atomic mass is 10.1. The van der Waals surface area contributed by atoms with E-state index in [2.05, 4.69) is 25.5 Å². The van der Waals surface area contributed by atoms with E-state index < -0.39 is 0 Å². The Labute approximate surface area is 212 Å². The van der Waals surface area contributed by atoms with Crippen molar-refractivity contribution in [2.24, 2.45) is 7.05 Å². The Morgan fingerprint density at radius 2 is 1.65 bits per heavy atom. The van der Waals surface area contributed by atoms with Crippen molar-refractivity contribution in [3.8, 4) is 28.7 Å². The van der Waals surface area contributed by atoms with Crippen LogP contribution in [-0.2, 0) is 7.05 Å². The smallest absolute Gasteiger partial charge is 0.273 e. The summed E-state index contributed by atoms with van der Waals surface area (Å²) in [5, 5.41) is 11.7. The molecule has 3 heterocycles. The van der Waals surface area contributed by atoms with Gasteiger partial charge in [0.05, 0.1) is 11.4 Å². The highest BCUT2D eigenvalue weighted by Gasteiger charge is 2.15. The molecule has 3 aromatic heterocycles. The van der Waals surface area contributed by atoms with Crippen molar-refractivity contribution < 1.29 is 13.9 Å². The molecule has 0 atom stereocenters. The van der Waals surface area contributed by atoms with Crippen molar-refractivity contribution in [1.82, 2.24) is 29.5 Å². The number of amides is 1. The lowest BCUT2D eigenvalue weighted by Crippen LogP contribution is -2.15. The number of carbonyl (C=O) groups excluding carboxylic acids is 1. The second-order valence-corrected chi connectivity index (χ2v) is 8.58. The van der Waals surface area contributed by atoms with E-state index >= 15 is 0 Å². The number of aromatic nitrogens is 6. The molecule has 1 amide bonds. The summed E-state index contributed by atoms with van der Waals surface area (Å²) in [5.41, 5.74) is 4.11. The topological polar surface area (TPSA) is 99.8 Å². The summed E-state index contributed by atoms with van der Waals surface area (Å²) in [6, 6.07) is 18.3. The fourth-order valence-corrected chi connectivity index (χ4v) is 3.91. The van der Waals surface area contributed by atoms with Crippen LogP contribution in [0.5, 0.6) is 11.6 Å². The van der Waals surface area contributed by atoms with Gasteiger partial charge in [-0.25, -0.2) is 14.1 Å². The third-order valence-electron chi connectivity index (χ3n) is 5.61. The molecule has 0 aliphatic heterocycles. The van der Waals surface area contributed by atoms with E-state index in [1.54, 1.807) is 67.2 Å². The second-order valence-electron chi connectivity index (χ2n) is 8.58. The first-order valence-corrected chi connectivity index (χ1v) is 11.5. The van der Waals surface area contributed by atoms with E-state index in [4.69, 9.17) is 4.74 Å². The van der Waals surface area contributed by atoms with E-state index in [1.165, 1.54) is 16.8 Å². The fourth-order valence-electron chi connectivity index (χ4n) is 3.91. The third-order valence-corrected chi connectivity index (χ3v) is 5.61. The van der Waals surface area contributed by atoms with Crippen LogP contribution in [0.4, 0.5) is 10.1 Å². The van der Waals surface area contributed by atoms with Crippen LogP contribution in [0.1, 0.15) is 27.7 Å². The lowest BCUT2D eigenvalue weighted by molar-refractivity contribution is 0.101. The first kappa shape index (κ1) is 23.9. The fraction of sp³-hybridized carbons (Fsp3) is 0.148. The molecule has 10 heteroatoms. The molecule has 186 valence electrons. The van der Waals surface area contributed by atoms with Crippen LogP contribution in [0.2, 0.25) is 0 Å². The standard InChI is InChI=1S/C27H24FN7O2/c1-16-13-17(2)35(32-16)25-15-26(30-18(3)29-25)37-22-11-9-21(10-12-22)31-27(36)24-14-23(33-34(24)4)19-5-7-20(28)8-6-19/h5-15H,1-4H3,(H,31,36). The van der Waals surface area contributed by atoms with Crippen molar-refractivity contribution in [2.45, 2.75) is 20.8 Å². The highest BCUT2D eigenvalue weighted by Crippen LogP contribution is 2.25. The monoisotopic (exact) mass is 497 g/mol. The van der Waals surface area contributed by atoms with Crippen molar-refractivity contribution >= 4 is 11.6 Å². The first-order chi connectivity index (χ1) is 17.7. The van der Waals surface area contributed by atoms with Crippen LogP contribution in [-0.4, -0.2) is 35.4 Å². The summed E-state index contributed by atoms with van der Waals surface area (Å²) >= 11 is 0.